The highest BCUT2D eigenvalue weighted by Gasteiger charge is 2.47. The van der Waals surface area contributed by atoms with Gasteiger partial charge < -0.3 is 19.7 Å². The molecule has 0 unspecified atom stereocenters. The maximum Gasteiger partial charge on any atom is 0.164 e. The van der Waals surface area contributed by atoms with Crippen molar-refractivity contribution in [1.29, 1.82) is 0 Å². The third-order valence-corrected chi connectivity index (χ3v) is 4.50. The highest BCUT2D eigenvalue weighted by atomic mass is 16.8. The lowest BCUT2D eigenvalue weighted by atomic mass is 9.94. The highest BCUT2D eigenvalue weighted by molar-refractivity contribution is 5.18. The summed E-state index contributed by atoms with van der Waals surface area (Å²) < 4.78 is 11.8. The highest BCUT2D eigenvalue weighted by Crippen LogP contribution is 2.33. The molecule has 1 aliphatic rings. The molecule has 1 heterocycles. The molecule has 0 amide bonds. The third-order valence-electron chi connectivity index (χ3n) is 4.50. The van der Waals surface area contributed by atoms with Gasteiger partial charge in [-0.25, -0.2) is 0 Å². The fourth-order valence-corrected chi connectivity index (χ4v) is 3.36. The van der Waals surface area contributed by atoms with E-state index in [9.17, 15) is 10.2 Å². The van der Waals surface area contributed by atoms with Crippen LogP contribution in [0.2, 0.25) is 0 Å². The minimum absolute atomic E-state index is 0.458. The van der Waals surface area contributed by atoms with Crippen molar-refractivity contribution in [2.75, 3.05) is 0 Å². The largest absolute Gasteiger partial charge is 0.390 e. The molecule has 4 heteroatoms. The van der Waals surface area contributed by atoms with Crippen molar-refractivity contribution in [3.63, 3.8) is 0 Å². The van der Waals surface area contributed by atoms with E-state index in [0.717, 1.165) is 11.1 Å². The minimum atomic E-state index is -0.829. The molecule has 2 aromatic rings. The molecule has 134 valence electrons. The van der Waals surface area contributed by atoms with Gasteiger partial charge in [-0.05, 0) is 25.0 Å². The summed E-state index contributed by atoms with van der Waals surface area (Å²) in [5.74, 6) is -0.829. The van der Waals surface area contributed by atoms with Crippen molar-refractivity contribution < 1.29 is 19.7 Å². The molecule has 0 bridgehead atoms. The van der Waals surface area contributed by atoms with E-state index in [1.807, 2.05) is 74.5 Å². The van der Waals surface area contributed by atoms with Crippen LogP contribution in [0.1, 0.15) is 25.0 Å². The second-order valence-corrected chi connectivity index (χ2v) is 7.08. The lowest BCUT2D eigenvalue weighted by Gasteiger charge is -2.26. The predicted octanol–water partition coefficient (Wildman–Crippen LogP) is 2.71. The first-order valence-electron chi connectivity index (χ1n) is 8.74. The molecule has 1 aliphatic heterocycles. The Hall–Kier alpha value is -1.72. The maximum atomic E-state index is 10.7. The van der Waals surface area contributed by atoms with E-state index in [-0.39, 0.29) is 0 Å². The van der Waals surface area contributed by atoms with Crippen LogP contribution in [0.4, 0.5) is 0 Å². The van der Waals surface area contributed by atoms with Crippen LogP contribution in [0.25, 0.3) is 0 Å². The zero-order chi connectivity index (χ0) is 17.9. The van der Waals surface area contributed by atoms with Gasteiger partial charge in [-0.2, -0.15) is 0 Å². The van der Waals surface area contributed by atoms with E-state index < -0.39 is 30.2 Å². The van der Waals surface area contributed by atoms with E-state index in [1.54, 1.807) is 0 Å². The molecule has 3 rings (SSSR count). The van der Waals surface area contributed by atoms with Crippen molar-refractivity contribution >= 4 is 0 Å². The average molecular weight is 342 g/mol. The molecular weight excluding hydrogens is 316 g/mol. The Labute approximate surface area is 149 Å². The summed E-state index contributed by atoms with van der Waals surface area (Å²) in [6.45, 7) is 3.62. The second-order valence-electron chi connectivity index (χ2n) is 7.08. The maximum absolute atomic E-state index is 10.7. The molecule has 1 fully saturated rings. The van der Waals surface area contributed by atoms with Gasteiger partial charge in [0.15, 0.2) is 5.79 Å². The SMILES string of the molecule is CC1(C)O[C@@H]([C@@H](O)Cc2ccccc2)[C@H]([C@@H](O)Cc2ccccc2)O1. The average Bonchev–Trinajstić information content (AvgIpc) is 2.93. The normalized spacial score (nSPS) is 24.8. The first-order valence-corrected chi connectivity index (χ1v) is 8.74. The molecule has 0 spiro atoms. The van der Waals surface area contributed by atoms with Crippen LogP contribution in [0.3, 0.4) is 0 Å². The number of hydrogen-bond donors (Lipinski definition) is 2. The number of aliphatic hydroxyl groups is 2. The quantitative estimate of drug-likeness (QED) is 0.847. The van der Waals surface area contributed by atoms with E-state index >= 15 is 0 Å². The molecule has 2 N–H and O–H groups in total. The van der Waals surface area contributed by atoms with Crippen LogP contribution in [-0.2, 0) is 22.3 Å². The van der Waals surface area contributed by atoms with Crippen molar-refractivity contribution in [2.24, 2.45) is 0 Å². The van der Waals surface area contributed by atoms with Gasteiger partial charge in [0.2, 0.25) is 0 Å². The van der Waals surface area contributed by atoms with Crippen LogP contribution in [0.5, 0.6) is 0 Å². The van der Waals surface area contributed by atoms with Gasteiger partial charge in [-0.1, -0.05) is 60.7 Å². The Balaban J connectivity index is 1.71. The van der Waals surface area contributed by atoms with Crippen LogP contribution in [0, 0.1) is 0 Å². The van der Waals surface area contributed by atoms with E-state index in [1.165, 1.54) is 0 Å². The Kier molecular flexibility index (Phi) is 5.54. The monoisotopic (exact) mass is 342 g/mol. The Morgan fingerprint density at radius 3 is 1.48 bits per heavy atom. The summed E-state index contributed by atoms with van der Waals surface area (Å²) in [4.78, 5) is 0. The van der Waals surface area contributed by atoms with Crippen LogP contribution >= 0.6 is 0 Å². The van der Waals surface area contributed by atoms with E-state index in [0.29, 0.717) is 12.8 Å². The molecule has 0 radical (unpaired) electrons. The van der Waals surface area contributed by atoms with Gasteiger partial charge in [-0.15, -0.1) is 0 Å². The van der Waals surface area contributed by atoms with Crippen LogP contribution in [0.15, 0.2) is 60.7 Å². The smallest absolute Gasteiger partial charge is 0.164 e. The molecule has 0 aliphatic carbocycles. The molecule has 4 atom stereocenters. The Morgan fingerprint density at radius 1 is 0.760 bits per heavy atom. The van der Waals surface area contributed by atoms with E-state index in [4.69, 9.17) is 9.47 Å². The molecule has 25 heavy (non-hydrogen) atoms. The van der Waals surface area contributed by atoms with Gasteiger partial charge in [0.05, 0.1) is 12.2 Å². The molecule has 0 aromatic heterocycles. The van der Waals surface area contributed by atoms with Gasteiger partial charge in [0.25, 0.3) is 0 Å². The van der Waals surface area contributed by atoms with Crippen LogP contribution < -0.4 is 0 Å². The Morgan fingerprint density at radius 2 is 1.12 bits per heavy atom. The number of benzene rings is 2. The zero-order valence-corrected chi connectivity index (χ0v) is 14.7. The summed E-state index contributed by atoms with van der Waals surface area (Å²) in [5, 5.41) is 21.4. The number of rotatable bonds is 6. The fraction of sp³-hybridized carbons (Fsp3) is 0.429. The molecule has 0 saturated carbocycles. The topological polar surface area (TPSA) is 58.9 Å². The summed E-state index contributed by atoms with van der Waals surface area (Å²) in [6.07, 6.45) is -1.74. The standard InChI is InChI=1S/C21H26O4/c1-21(2)24-19(17(22)13-15-9-5-3-6-10-15)20(25-21)18(23)14-16-11-7-4-8-12-16/h3-12,17-20,22-23H,13-14H2,1-2H3/t17-,18-,19-,20-/m0/s1. The fourth-order valence-electron chi connectivity index (χ4n) is 3.36. The minimum Gasteiger partial charge on any atom is -0.390 e. The molecular formula is C21H26O4. The van der Waals surface area contributed by atoms with Gasteiger partial charge >= 0.3 is 0 Å². The third kappa shape index (κ3) is 4.67. The predicted molar refractivity (Wildman–Crippen MR) is 96.1 cm³/mol. The lowest BCUT2D eigenvalue weighted by Crippen LogP contribution is -2.44. The van der Waals surface area contributed by atoms with Crippen molar-refractivity contribution in [3.05, 3.63) is 71.8 Å². The lowest BCUT2D eigenvalue weighted by molar-refractivity contribution is -0.160. The number of aliphatic hydroxyl groups excluding tert-OH is 2. The van der Waals surface area contributed by atoms with Crippen LogP contribution in [-0.4, -0.2) is 40.4 Å². The van der Waals surface area contributed by atoms with Gasteiger partial charge in [-0.3, -0.25) is 0 Å². The summed E-state index contributed by atoms with van der Waals surface area (Å²) in [6, 6.07) is 19.6. The summed E-state index contributed by atoms with van der Waals surface area (Å²) in [7, 11) is 0. The number of ether oxygens (including phenoxy) is 2. The summed E-state index contributed by atoms with van der Waals surface area (Å²) >= 11 is 0. The van der Waals surface area contributed by atoms with E-state index in [2.05, 4.69) is 0 Å². The molecule has 1 saturated heterocycles. The first kappa shape index (κ1) is 18.1. The number of hydrogen-bond acceptors (Lipinski definition) is 4. The van der Waals surface area contributed by atoms with Crippen molar-refractivity contribution in [1.82, 2.24) is 0 Å². The van der Waals surface area contributed by atoms with Gasteiger partial charge in [0, 0.05) is 12.8 Å². The van der Waals surface area contributed by atoms with Gasteiger partial charge in [0.1, 0.15) is 12.2 Å². The second kappa shape index (κ2) is 7.67. The summed E-state index contributed by atoms with van der Waals surface area (Å²) in [5.41, 5.74) is 2.05. The zero-order valence-electron chi connectivity index (χ0n) is 14.7. The first-order chi connectivity index (χ1) is 11.9. The molecule has 4 nitrogen and oxygen atoms in total. The Bertz CT molecular complexity index is 599. The van der Waals surface area contributed by atoms with Crippen molar-refractivity contribution in [3.8, 4) is 0 Å². The van der Waals surface area contributed by atoms with Crippen molar-refractivity contribution in [2.45, 2.75) is 56.9 Å². The molecule has 2 aromatic carbocycles.